The zero-order valence-electron chi connectivity index (χ0n) is 25.3. The molecule has 1 aliphatic carbocycles. The highest BCUT2D eigenvalue weighted by atomic mass is 16.7. The second-order valence-corrected chi connectivity index (χ2v) is 11.9. The Hall–Kier alpha value is -0.400. The number of aliphatic hydroxyl groups excluding tert-OH is 2. The molecule has 0 aromatic heterocycles. The molecule has 2 rings (SSSR count). The number of aliphatic hydroxyl groups is 2. The van der Waals surface area contributed by atoms with Gasteiger partial charge in [0.15, 0.2) is 6.29 Å². The normalized spacial score (nSPS) is 34.8. The van der Waals surface area contributed by atoms with Crippen LogP contribution < -0.4 is 22.9 Å². The van der Waals surface area contributed by atoms with Gasteiger partial charge in [-0.15, -0.1) is 0 Å². The highest BCUT2D eigenvalue weighted by Gasteiger charge is 2.49. The Kier molecular flexibility index (Phi) is 18.3. The predicted octanol–water partition coefficient (Wildman–Crippen LogP) is 2.43. The fourth-order valence-electron chi connectivity index (χ4n) is 5.86. The minimum absolute atomic E-state index is 0.0829. The van der Waals surface area contributed by atoms with Crippen LogP contribution in [-0.4, -0.2) is 91.0 Å². The molecule has 0 unspecified atom stereocenters. The summed E-state index contributed by atoms with van der Waals surface area (Å²) in [5, 5.41) is 22.0. The first-order valence-electron chi connectivity index (χ1n) is 16.2. The first-order chi connectivity index (χ1) is 19.3. The monoisotopic (exact) mass is 574 g/mol. The SMILES string of the molecule is CCCCCCCCCCCO[C@@H]1[C@@H](N)[C@@H](O[C@H]2[C@H](O)[C@@H](OCCCCCCC)[C@H](N)C[C@@H]2N)O[C@H](CN)[C@H]1O. The van der Waals surface area contributed by atoms with E-state index in [2.05, 4.69) is 13.8 Å². The molecule has 2 fully saturated rings. The number of hydrogen-bond donors (Lipinski definition) is 6. The van der Waals surface area contributed by atoms with Crippen LogP contribution in [0, 0.1) is 0 Å². The van der Waals surface area contributed by atoms with Gasteiger partial charge in [-0.3, -0.25) is 0 Å². The molecule has 10 nitrogen and oxygen atoms in total. The average molecular weight is 575 g/mol. The zero-order valence-corrected chi connectivity index (χ0v) is 25.3. The van der Waals surface area contributed by atoms with Gasteiger partial charge in [0.25, 0.3) is 0 Å². The van der Waals surface area contributed by atoms with E-state index in [1.54, 1.807) is 0 Å². The molecule has 1 saturated heterocycles. The molecule has 1 aliphatic heterocycles. The van der Waals surface area contributed by atoms with Gasteiger partial charge in [-0.05, 0) is 19.3 Å². The van der Waals surface area contributed by atoms with Crippen LogP contribution in [-0.2, 0) is 18.9 Å². The molecule has 10 atom stereocenters. The first-order valence-corrected chi connectivity index (χ1v) is 16.2. The Labute approximate surface area is 243 Å². The lowest BCUT2D eigenvalue weighted by Crippen LogP contribution is -2.68. The summed E-state index contributed by atoms with van der Waals surface area (Å²) >= 11 is 0. The standard InChI is InChI=1S/C30H62N4O6/c1-3-5-7-9-10-11-12-14-16-18-38-29-24(34)30(39-23(20-31)25(29)35)40-28-22(33)19-21(32)27(26(28)36)37-17-15-13-8-6-4-2/h21-30,35-36H,3-20,31-34H2,1-2H3/t21-,22+,23-,24-,25-,26-,27+,28-,29-,30-/m1/s1. The highest BCUT2D eigenvalue weighted by Crippen LogP contribution is 2.29. The summed E-state index contributed by atoms with van der Waals surface area (Å²) in [6.45, 7) is 5.51. The molecule has 10 N–H and O–H groups in total. The van der Waals surface area contributed by atoms with Crippen LogP contribution in [0.15, 0.2) is 0 Å². The van der Waals surface area contributed by atoms with Crippen LogP contribution in [0.25, 0.3) is 0 Å². The number of unbranched alkanes of at least 4 members (excludes halogenated alkanes) is 12. The maximum absolute atomic E-state index is 11.2. The van der Waals surface area contributed by atoms with Crippen LogP contribution in [0.1, 0.15) is 110 Å². The van der Waals surface area contributed by atoms with Gasteiger partial charge in [0.05, 0.1) is 6.04 Å². The maximum Gasteiger partial charge on any atom is 0.176 e. The van der Waals surface area contributed by atoms with E-state index >= 15 is 0 Å². The summed E-state index contributed by atoms with van der Waals surface area (Å²) in [7, 11) is 0. The van der Waals surface area contributed by atoms with E-state index in [0.29, 0.717) is 19.6 Å². The average Bonchev–Trinajstić information content (AvgIpc) is 2.93. The molecule has 10 heteroatoms. The summed E-state index contributed by atoms with van der Waals surface area (Å²) in [5.74, 6) is 0. The minimum Gasteiger partial charge on any atom is -0.388 e. The molecule has 0 radical (unpaired) electrons. The van der Waals surface area contributed by atoms with Gasteiger partial charge in [0.1, 0.15) is 36.6 Å². The molecule has 0 bridgehead atoms. The molecule has 0 aromatic rings. The molecule has 2 aliphatic rings. The van der Waals surface area contributed by atoms with Gasteiger partial charge < -0.3 is 52.1 Å². The molecular weight excluding hydrogens is 512 g/mol. The van der Waals surface area contributed by atoms with Crippen LogP contribution in [0.5, 0.6) is 0 Å². The van der Waals surface area contributed by atoms with Gasteiger partial charge in [0.2, 0.25) is 0 Å². The molecule has 1 heterocycles. The number of nitrogens with two attached hydrogens (primary N) is 4. The zero-order chi connectivity index (χ0) is 29.3. The third-order valence-electron chi connectivity index (χ3n) is 8.42. The van der Waals surface area contributed by atoms with Crippen molar-refractivity contribution in [2.45, 2.75) is 171 Å². The van der Waals surface area contributed by atoms with Crippen LogP contribution in [0.2, 0.25) is 0 Å². The molecule has 0 amide bonds. The Morgan fingerprint density at radius 3 is 1.65 bits per heavy atom. The predicted molar refractivity (Wildman–Crippen MR) is 159 cm³/mol. The molecule has 238 valence electrons. The van der Waals surface area contributed by atoms with Crippen LogP contribution >= 0.6 is 0 Å². The fourth-order valence-corrected chi connectivity index (χ4v) is 5.86. The smallest absolute Gasteiger partial charge is 0.176 e. The summed E-state index contributed by atoms with van der Waals surface area (Å²) in [6, 6.07) is -1.69. The van der Waals surface area contributed by atoms with Crippen LogP contribution in [0.3, 0.4) is 0 Å². The number of hydrogen-bond acceptors (Lipinski definition) is 10. The van der Waals surface area contributed by atoms with Gasteiger partial charge in [-0.2, -0.15) is 0 Å². The molecule has 0 spiro atoms. The Morgan fingerprint density at radius 1 is 0.650 bits per heavy atom. The molecule has 0 aromatic carbocycles. The van der Waals surface area contributed by atoms with Crippen molar-refractivity contribution >= 4 is 0 Å². The summed E-state index contributed by atoms with van der Waals surface area (Å²) in [6.07, 6.45) is 11.2. The van der Waals surface area contributed by atoms with Gasteiger partial charge in [-0.25, -0.2) is 0 Å². The van der Waals surface area contributed by atoms with E-state index < -0.39 is 61.0 Å². The number of ether oxygens (including phenoxy) is 4. The van der Waals surface area contributed by atoms with Crippen molar-refractivity contribution in [1.29, 1.82) is 0 Å². The van der Waals surface area contributed by atoms with Gasteiger partial charge >= 0.3 is 0 Å². The summed E-state index contributed by atoms with van der Waals surface area (Å²) in [5.41, 5.74) is 25.1. The number of rotatable bonds is 21. The van der Waals surface area contributed by atoms with Crippen molar-refractivity contribution < 1.29 is 29.2 Å². The Balaban J connectivity index is 1.86. The van der Waals surface area contributed by atoms with E-state index in [9.17, 15) is 10.2 Å². The van der Waals surface area contributed by atoms with Crippen molar-refractivity contribution in [1.82, 2.24) is 0 Å². The van der Waals surface area contributed by atoms with E-state index in [-0.39, 0.29) is 6.54 Å². The largest absolute Gasteiger partial charge is 0.388 e. The summed E-state index contributed by atoms with van der Waals surface area (Å²) < 4.78 is 24.2. The Bertz CT molecular complexity index is 635. The van der Waals surface area contributed by atoms with E-state index in [0.717, 1.165) is 25.7 Å². The summed E-state index contributed by atoms with van der Waals surface area (Å²) in [4.78, 5) is 0. The molecule has 1 saturated carbocycles. The quantitative estimate of drug-likeness (QED) is 0.111. The lowest BCUT2D eigenvalue weighted by atomic mass is 9.84. The topological polar surface area (TPSA) is 181 Å². The van der Waals surface area contributed by atoms with Crippen molar-refractivity contribution in [3.8, 4) is 0 Å². The highest BCUT2D eigenvalue weighted by molar-refractivity contribution is 5.00. The molecule has 40 heavy (non-hydrogen) atoms. The van der Waals surface area contributed by atoms with Crippen molar-refractivity contribution in [3.63, 3.8) is 0 Å². The second-order valence-electron chi connectivity index (χ2n) is 11.9. The van der Waals surface area contributed by atoms with E-state index in [1.807, 2.05) is 0 Å². The van der Waals surface area contributed by atoms with Gasteiger partial charge in [0, 0.05) is 31.8 Å². The van der Waals surface area contributed by atoms with E-state index in [4.69, 9.17) is 41.9 Å². The third-order valence-corrected chi connectivity index (χ3v) is 8.42. The lowest BCUT2D eigenvalue weighted by Gasteiger charge is -2.47. The minimum atomic E-state index is -1.03. The second kappa shape index (κ2) is 20.5. The fraction of sp³-hybridized carbons (Fsp3) is 1.00. The van der Waals surface area contributed by atoms with Crippen molar-refractivity contribution in [2.75, 3.05) is 19.8 Å². The lowest BCUT2D eigenvalue weighted by molar-refractivity contribution is -0.294. The Morgan fingerprint density at radius 2 is 1.12 bits per heavy atom. The van der Waals surface area contributed by atoms with Crippen molar-refractivity contribution in [2.24, 2.45) is 22.9 Å². The van der Waals surface area contributed by atoms with Crippen LogP contribution in [0.4, 0.5) is 0 Å². The maximum atomic E-state index is 11.2. The van der Waals surface area contributed by atoms with Gasteiger partial charge in [-0.1, -0.05) is 90.9 Å². The van der Waals surface area contributed by atoms with E-state index in [1.165, 1.54) is 64.2 Å². The van der Waals surface area contributed by atoms with Crippen molar-refractivity contribution in [3.05, 3.63) is 0 Å². The molecular formula is C30H62N4O6. The third kappa shape index (κ3) is 11.7. The first kappa shape index (κ1) is 35.8.